The van der Waals surface area contributed by atoms with Gasteiger partial charge in [0.15, 0.2) is 0 Å². The Morgan fingerprint density at radius 3 is 1.53 bits per heavy atom. The normalized spacial score (nSPS) is 29.0. The molecule has 1 unspecified atom stereocenters. The number of pyridine rings is 4. The predicted octanol–water partition coefficient (Wildman–Crippen LogP) is 7.31. The van der Waals surface area contributed by atoms with Gasteiger partial charge in [0, 0.05) is 74.6 Å². The number of halogens is 1. The number of hydrogen-bond donors (Lipinski definition) is 2. The van der Waals surface area contributed by atoms with Crippen molar-refractivity contribution in [2.75, 3.05) is 40.5 Å². The van der Waals surface area contributed by atoms with Crippen LogP contribution in [-0.2, 0) is 63.7 Å². The number of hydrogen-bond acceptors (Lipinski definition) is 20. The molecular weight excluding hydrogens is 1330 g/mol. The summed E-state index contributed by atoms with van der Waals surface area (Å²) < 4.78 is 46.6. The molecule has 0 aromatic carbocycles. The molecule has 0 bridgehead atoms. The molecule has 2 N–H and O–H groups in total. The van der Waals surface area contributed by atoms with Crippen LogP contribution < -0.4 is 48.4 Å². The van der Waals surface area contributed by atoms with Crippen LogP contribution in [0, 0.1) is 37.5 Å². The first-order chi connectivity index (χ1) is 48.0. The van der Waals surface area contributed by atoms with Crippen molar-refractivity contribution in [3.8, 4) is 23.3 Å². The molecule has 103 heavy (non-hydrogen) atoms. The van der Waals surface area contributed by atoms with Gasteiger partial charge in [-0.25, -0.2) is 29.5 Å². The third-order valence-electron chi connectivity index (χ3n) is 20.7. The number of methoxy groups -OCH3 is 2. The minimum atomic E-state index is -1.22. The molecule has 3 radical (unpaired) electrons. The number of amides is 4. The number of carbonyl (C=O) groups excluding carboxylic acids is 8. The largest absolute Gasteiger partial charge is 1.00 e. The summed E-state index contributed by atoms with van der Waals surface area (Å²) in [5, 5.41) is 5.49. The van der Waals surface area contributed by atoms with Crippen molar-refractivity contribution in [2.24, 2.45) is 23.7 Å². The number of aryl methyl sites for hydroxylation is 3. The van der Waals surface area contributed by atoms with E-state index in [0.29, 0.717) is 95.3 Å². The maximum absolute atomic E-state index is 14.7. The van der Waals surface area contributed by atoms with Gasteiger partial charge >= 0.3 is 42.7 Å². The Hall–Kier alpha value is -7.49. The Morgan fingerprint density at radius 2 is 1.06 bits per heavy atom. The Kier molecular flexibility index (Phi) is 24.8. The van der Waals surface area contributed by atoms with Crippen molar-refractivity contribution in [3.63, 3.8) is 0 Å². The standard InChI is InChI=1S/C38H49ClN4O8.C38H50N4O8.B.Li.H/c1-7-49-35(47)38-18-24(38)14-12-10-8-9-11-13-23(17-29(44)50-36(3,4)5)34(46)43-21-37(20-27(43)33(45)42-38)19-25(39)30-31-26(15-16-28(41-31)48-6)40-22(2)32(30)51-37;1-7-48-35(46)38-20-25(38)14-12-10-8-9-11-13-24(19-30(43)49-36(3,4)5)34(45)42-22-37(21-28(42)33(44)41-38)18-17-26-31-27(15-16-29(40-31)47-6)39-23(2)32(26)50-37;;;/h12,14-16,23-25,27H,7-11,13,17-21H2,1-6H3,(H,42,45);12,14-16,24-25,28H,7-11,13,17-22H2,1-6H3,(H,41,44);;;/q;;;+1;-1/b2*14-12-;;;/t23-,24-,25?,27+,37-,38-;24-,25-,28+,37-,38-;;;/m11.../s1. The molecule has 2 saturated carbocycles. The van der Waals surface area contributed by atoms with Gasteiger partial charge in [-0.15, -0.1) is 11.6 Å². The minimum absolute atomic E-state index is 0. The zero-order valence-corrected chi connectivity index (χ0v) is 62.9. The molecule has 12 rings (SSSR count). The van der Waals surface area contributed by atoms with E-state index in [0.717, 1.165) is 62.4 Å². The molecule has 4 aromatic rings. The van der Waals surface area contributed by atoms with Gasteiger partial charge in [0.05, 0.1) is 86.7 Å². The number of fused-ring (bicyclic) bond motifs is 10. The molecule has 10 heterocycles. The summed E-state index contributed by atoms with van der Waals surface area (Å²) in [5.74, 6) is -3.28. The van der Waals surface area contributed by atoms with Crippen molar-refractivity contribution < 1.29 is 96.5 Å². The molecule has 6 aliphatic heterocycles. The van der Waals surface area contributed by atoms with Gasteiger partial charge in [0.2, 0.25) is 35.4 Å². The second kappa shape index (κ2) is 32.1. The van der Waals surface area contributed by atoms with Crippen molar-refractivity contribution in [1.82, 2.24) is 40.4 Å². The molecule has 2 spiro atoms. The number of aromatic nitrogens is 4. The number of rotatable bonds is 10. The molecule has 8 aliphatic rings. The number of esters is 4. The number of ether oxygens (including phenoxy) is 8. The van der Waals surface area contributed by atoms with E-state index in [2.05, 4.69) is 32.8 Å². The van der Waals surface area contributed by atoms with Crippen LogP contribution in [0.2, 0.25) is 0 Å². The smallest absolute Gasteiger partial charge is 1.00 e. The number of nitrogens with one attached hydrogen (secondary N) is 2. The van der Waals surface area contributed by atoms with Gasteiger partial charge in [-0.05, 0) is 146 Å². The molecule has 2 saturated heterocycles. The maximum atomic E-state index is 14.7. The minimum Gasteiger partial charge on any atom is -1.00 e. The van der Waals surface area contributed by atoms with Crippen LogP contribution in [0.25, 0.3) is 22.1 Å². The van der Waals surface area contributed by atoms with Crippen LogP contribution in [-0.4, -0.2) is 172 Å². The first kappa shape index (κ1) is 79.6. The van der Waals surface area contributed by atoms with Gasteiger partial charge < -0.3 is 59.8 Å². The summed E-state index contributed by atoms with van der Waals surface area (Å²) in [5.41, 5.74) is -0.256. The fourth-order valence-corrected chi connectivity index (χ4v) is 16.1. The third kappa shape index (κ3) is 17.4. The fraction of sp³-hybridized carbons (Fsp3) is 0.632. The first-order valence-electron chi connectivity index (χ1n) is 36.0. The van der Waals surface area contributed by atoms with E-state index < -0.39 is 98.5 Å². The number of alkyl halides is 1. The van der Waals surface area contributed by atoms with Gasteiger partial charge in [0.1, 0.15) is 62.6 Å². The van der Waals surface area contributed by atoms with Gasteiger partial charge in [-0.1, -0.05) is 50.0 Å². The van der Waals surface area contributed by atoms with Gasteiger partial charge in [-0.2, -0.15) is 0 Å². The quantitative estimate of drug-likeness (QED) is 0.0517. The SMILES string of the molecule is CCOC(=O)[C@@]12C[C@H]1/C=C\CCCCC[C@H](CC(=O)OC(C)(C)C)C(=O)N1C[C@@]3(CC(Cl)c4c(c(C)nc5ccc(OC)nc45)O3)C[C@H]1C(=O)N2.CCOC(=O)[C@@]12C[C@H]1/C=C\CCCCC[C@H](CC(=O)OC(C)(C)C)C(=O)N1C[C@@]3(CCc4c(c(C)nc5ccc(OC)nc45)O3)C[C@H]1C(=O)N2.[B].[H-].[Li+]. The average molecular weight is 1430 g/mol. The molecule has 24 nitrogen and oxygen atoms in total. The molecule has 11 atom stereocenters. The molecular formula is C76H100BClLiN8O16. The van der Waals surface area contributed by atoms with Gasteiger partial charge in [0.25, 0.3) is 0 Å². The van der Waals surface area contributed by atoms with E-state index >= 15 is 0 Å². The van der Waals surface area contributed by atoms with Crippen molar-refractivity contribution in [2.45, 2.75) is 242 Å². The summed E-state index contributed by atoms with van der Waals surface area (Å²) in [4.78, 5) is 133. The Labute approximate surface area is 623 Å². The third-order valence-corrected chi connectivity index (χ3v) is 21.0. The molecule has 2 aliphatic carbocycles. The maximum Gasteiger partial charge on any atom is 1.00 e. The van der Waals surface area contributed by atoms with Gasteiger partial charge in [-0.3, -0.25) is 28.8 Å². The van der Waals surface area contributed by atoms with E-state index in [-0.39, 0.29) is 111 Å². The summed E-state index contributed by atoms with van der Waals surface area (Å²) >= 11 is 7.21. The second-order valence-electron chi connectivity index (χ2n) is 30.6. The van der Waals surface area contributed by atoms with Crippen LogP contribution in [0.5, 0.6) is 23.3 Å². The summed E-state index contributed by atoms with van der Waals surface area (Å²) in [6, 6.07) is 5.27. The molecule has 4 amide bonds. The van der Waals surface area contributed by atoms with Crippen LogP contribution in [0.15, 0.2) is 48.6 Å². The molecule has 4 aromatic heterocycles. The molecule has 27 heteroatoms. The van der Waals surface area contributed by atoms with Crippen molar-refractivity contribution >= 4 is 89.6 Å². The van der Waals surface area contributed by atoms with Crippen molar-refractivity contribution in [1.29, 1.82) is 0 Å². The van der Waals surface area contributed by atoms with E-state index in [1.807, 2.05) is 38.1 Å². The zero-order valence-electron chi connectivity index (χ0n) is 63.1. The van der Waals surface area contributed by atoms with Crippen LogP contribution in [0.3, 0.4) is 0 Å². The van der Waals surface area contributed by atoms with Crippen molar-refractivity contribution in [3.05, 3.63) is 71.1 Å². The molecule has 551 valence electrons. The van der Waals surface area contributed by atoms with E-state index in [1.165, 1.54) is 12.0 Å². The monoisotopic (exact) mass is 1430 g/mol. The Balaban J connectivity index is 0.000000256. The van der Waals surface area contributed by atoms with Crippen LogP contribution in [0.4, 0.5) is 0 Å². The van der Waals surface area contributed by atoms with E-state index in [1.54, 1.807) is 79.5 Å². The summed E-state index contributed by atoms with van der Waals surface area (Å²) in [6.45, 7) is 18.5. The Bertz CT molecular complexity index is 3970. The van der Waals surface area contributed by atoms with E-state index in [9.17, 15) is 38.4 Å². The summed E-state index contributed by atoms with van der Waals surface area (Å²) in [7, 11) is 3.10. The fourth-order valence-electron chi connectivity index (χ4n) is 15.7. The Morgan fingerprint density at radius 1 is 0.612 bits per heavy atom. The zero-order chi connectivity index (χ0) is 72.6. The van der Waals surface area contributed by atoms with Crippen LogP contribution in [0.1, 0.15) is 200 Å². The first-order valence-corrected chi connectivity index (χ1v) is 36.5. The molecule has 4 fully saturated rings. The second-order valence-corrected chi connectivity index (χ2v) is 31.1. The van der Waals surface area contributed by atoms with Crippen LogP contribution >= 0.6 is 11.6 Å². The van der Waals surface area contributed by atoms with E-state index in [4.69, 9.17) is 59.5 Å². The predicted molar refractivity (Wildman–Crippen MR) is 381 cm³/mol. The number of carbonyl (C=O) groups is 8. The average Bonchev–Trinajstić information content (AvgIpc) is 1.43. The number of allylic oxidation sites excluding steroid dienone is 2. The summed E-state index contributed by atoms with van der Waals surface area (Å²) in [6.07, 6.45) is 18.0. The topological polar surface area (TPSA) is 292 Å². The number of nitrogens with zero attached hydrogens (tertiary/aromatic N) is 6.